The first-order chi connectivity index (χ1) is 5.22. The lowest BCUT2D eigenvalue weighted by molar-refractivity contribution is -0.152. The molecule has 0 fully saturated rings. The smallest absolute Gasteiger partial charge is 0.375 e. The van der Waals surface area contributed by atoms with Crippen LogP contribution in [0.25, 0.3) is 0 Å². The van der Waals surface area contributed by atoms with Crippen LogP contribution >= 0.6 is 0 Å². The van der Waals surface area contributed by atoms with Gasteiger partial charge in [-0.1, -0.05) is 18.7 Å². The van der Waals surface area contributed by atoms with E-state index in [1.165, 1.54) is 12.2 Å². The summed E-state index contributed by atoms with van der Waals surface area (Å²) in [5.41, 5.74) is 0. The van der Waals surface area contributed by atoms with Gasteiger partial charge in [-0.15, -0.1) is 6.58 Å². The molecule has 0 saturated carbocycles. The first-order valence-corrected chi connectivity index (χ1v) is 3.14. The lowest BCUT2D eigenvalue weighted by atomic mass is 10.3. The largest absolute Gasteiger partial charge is 0.456 e. The van der Waals surface area contributed by atoms with Crippen LogP contribution in [0.15, 0.2) is 25.3 Å². The molecular weight excluding hydrogens is 144 g/mol. The lowest BCUT2D eigenvalue weighted by Crippen LogP contribution is -2.16. The van der Waals surface area contributed by atoms with E-state index in [9.17, 15) is 9.59 Å². The average Bonchev–Trinajstić information content (AvgIpc) is 2.00. The second-order valence-corrected chi connectivity index (χ2v) is 1.80. The quantitative estimate of drug-likeness (QED) is 0.335. The van der Waals surface area contributed by atoms with Crippen LogP contribution in [-0.2, 0) is 14.3 Å². The van der Waals surface area contributed by atoms with Crippen molar-refractivity contribution in [2.24, 2.45) is 0 Å². The van der Waals surface area contributed by atoms with Gasteiger partial charge in [-0.3, -0.25) is 4.79 Å². The molecule has 60 valence electrons. The van der Waals surface area contributed by atoms with Gasteiger partial charge in [0.1, 0.15) is 6.61 Å². The molecular formula is C8H10O3. The summed E-state index contributed by atoms with van der Waals surface area (Å²) in [6.45, 7) is 6.71. The van der Waals surface area contributed by atoms with Gasteiger partial charge in [0.2, 0.25) is 5.78 Å². The number of carbonyl (C=O) groups excluding carboxylic acids is 2. The molecule has 0 saturated heterocycles. The van der Waals surface area contributed by atoms with E-state index < -0.39 is 11.8 Å². The van der Waals surface area contributed by atoms with Crippen molar-refractivity contribution < 1.29 is 14.3 Å². The van der Waals surface area contributed by atoms with E-state index in [1.54, 1.807) is 0 Å². The van der Waals surface area contributed by atoms with E-state index in [0.29, 0.717) is 0 Å². The van der Waals surface area contributed by atoms with Crippen molar-refractivity contribution in [2.75, 3.05) is 6.61 Å². The highest BCUT2D eigenvalue weighted by molar-refractivity contribution is 6.33. The molecule has 0 heterocycles. The van der Waals surface area contributed by atoms with Gasteiger partial charge in [0.25, 0.3) is 0 Å². The predicted octanol–water partition coefficient (Wildman–Crippen LogP) is 0.861. The third-order valence-corrected chi connectivity index (χ3v) is 0.890. The van der Waals surface area contributed by atoms with Crippen LogP contribution in [0, 0.1) is 0 Å². The molecule has 0 aliphatic rings. The van der Waals surface area contributed by atoms with Gasteiger partial charge in [-0.2, -0.15) is 0 Å². The summed E-state index contributed by atoms with van der Waals surface area (Å²) in [5.74, 6) is -1.41. The van der Waals surface area contributed by atoms with E-state index >= 15 is 0 Å². The van der Waals surface area contributed by atoms with Crippen LogP contribution in [0.3, 0.4) is 0 Å². The van der Waals surface area contributed by atoms with E-state index in [2.05, 4.69) is 17.9 Å². The molecule has 0 radical (unpaired) electrons. The number of hydrogen-bond acceptors (Lipinski definition) is 3. The summed E-state index contributed by atoms with van der Waals surface area (Å²) < 4.78 is 4.45. The topological polar surface area (TPSA) is 43.4 Å². The number of allylic oxidation sites excluding steroid dienone is 1. The molecule has 0 aliphatic heterocycles. The van der Waals surface area contributed by atoms with Gasteiger partial charge < -0.3 is 4.74 Å². The van der Waals surface area contributed by atoms with Crippen LogP contribution < -0.4 is 0 Å². The van der Waals surface area contributed by atoms with Crippen molar-refractivity contribution >= 4 is 11.8 Å². The number of hydrogen-bond donors (Lipinski definition) is 0. The maximum atomic E-state index is 10.7. The van der Waals surface area contributed by atoms with Crippen molar-refractivity contribution in [3.05, 3.63) is 25.3 Å². The van der Waals surface area contributed by atoms with Crippen molar-refractivity contribution in [3.63, 3.8) is 0 Å². The van der Waals surface area contributed by atoms with E-state index in [0.717, 1.165) is 0 Å². The van der Waals surface area contributed by atoms with Gasteiger partial charge in [0.05, 0.1) is 0 Å². The molecule has 0 unspecified atom stereocenters. The summed E-state index contributed by atoms with van der Waals surface area (Å²) in [7, 11) is 0. The molecule has 0 amide bonds. The van der Waals surface area contributed by atoms with Gasteiger partial charge in [0, 0.05) is 6.42 Å². The number of Topliss-reactive ketones (excluding diaryl/α,β-unsaturated/α-hetero) is 1. The van der Waals surface area contributed by atoms with Crippen molar-refractivity contribution in [1.82, 2.24) is 0 Å². The highest BCUT2D eigenvalue weighted by Gasteiger charge is 2.11. The number of esters is 1. The van der Waals surface area contributed by atoms with Crippen LogP contribution in [0.4, 0.5) is 0 Å². The molecule has 0 N–H and O–H groups in total. The lowest BCUT2D eigenvalue weighted by Gasteiger charge is -1.96. The molecule has 0 rings (SSSR count). The molecule has 3 heteroatoms. The Balaban J connectivity index is 3.72. The standard InChI is InChI=1S/C8H10O3/c1-3-5-7(9)8(10)11-6-4-2/h3-4H,1-2,5-6H2. The van der Waals surface area contributed by atoms with E-state index in [-0.39, 0.29) is 13.0 Å². The zero-order valence-corrected chi connectivity index (χ0v) is 6.21. The Kier molecular flexibility index (Phi) is 4.73. The SMILES string of the molecule is C=CCOC(=O)C(=O)CC=C. The molecule has 11 heavy (non-hydrogen) atoms. The molecule has 0 bridgehead atoms. The predicted molar refractivity (Wildman–Crippen MR) is 41.0 cm³/mol. The third-order valence-electron chi connectivity index (χ3n) is 0.890. The Bertz CT molecular complexity index is 182. The maximum Gasteiger partial charge on any atom is 0.375 e. The number of rotatable bonds is 5. The van der Waals surface area contributed by atoms with Crippen LogP contribution in [0.1, 0.15) is 6.42 Å². The van der Waals surface area contributed by atoms with Gasteiger partial charge >= 0.3 is 5.97 Å². The summed E-state index contributed by atoms with van der Waals surface area (Å²) in [6.07, 6.45) is 2.78. The Morgan fingerprint density at radius 3 is 2.36 bits per heavy atom. The number of ketones is 1. The minimum atomic E-state index is -0.829. The van der Waals surface area contributed by atoms with Gasteiger partial charge in [-0.25, -0.2) is 4.79 Å². The first kappa shape index (κ1) is 9.62. The third kappa shape index (κ3) is 4.08. The Morgan fingerprint density at radius 2 is 1.91 bits per heavy atom. The highest BCUT2D eigenvalue weighted by Crippen LogP contribution is 1.88. The van der Waals surface area contributed by atoms with E-state index in [4.69, 9.17) is 0 Å². The Hall–Kier alpha value is -1.38. The van der Waals surface area contributed by atoms with E-state index in [1.807, 2.05) is 0 Å². The molecule has 0 aromatic carbocycles. The zero-order chi connectivity index (χ0) is 8.69. The molecule has 0 aliphatic carbocycles. The Labute approximate surface area is 65.4 Å². The average molecular weight is 154 g/mol. The van der Waals surface area contributed by atoms with Crippen molar-refractivity contribution in [3.8, 4) is 0 Å². The first-order valence-electron chi connectivity index (χ1n) is 3.14. The number of carbonyl (C=O) groups is 2. The van der Waals surface area contributed by atoms with Crippen LogP contribution in [0.5, 0.6) is 0 Å². The van der Waals surface area contributed by atoms with Crippen LogP contribution in [-0.4, -0.2) is 18.4 Å². The van der Waals surface area contributed by atoms with Gasteiger partial charge in [0.15, 0.2) is 0 Å². The minimum absolute atomic E-state index is 0.0238. The monoisotopic (exact) mass is 154 g/mol. The normalized spacial score (nSPS) is 8.36. The minimum Gasteiger partial charge on any atom is -0.456 e. The van der Waals surface area contributed by atoms with Crippen molar-refractivity contribution in [1.29, 1.82) is 0 Å². The summed E-state index contributed by atoms with van der Waals surface area (Å²) in [4.78, 5) is 21.3. The zero-order valence-electron chi connectivity index (χ0n) is 6.21. The summed E-state index contributed by atoms with van der Waals surface area (Å²) >= 11 is 0. The molecule has 0 atom stereocenters. The molecule has 0 aromatic rings. The fraction of sp³-hybridized carbons (Fsp3) is 0.250. The Morgan fingerprint density at radius 1 is 1.27 bits per heavy atom. The second kappa shape index (κ2) is 5.41. The number of ether oxygens (including phenoxy) is 1. The molecule has 0 aromatic heterocycles. The van der Waals surface area contributed by atoms with Crippen LogP contribution in [0.2, 0.25) is 0 Å². The second-order valence-electron chi connectivity index (χ2n) is 1.80. The molecule has 0 spiro atoms. The summed E-state index contributed by atoms with van der Waals surface area (Å²) in [6, 6.07) is 0. The van der Waals surface area contributed by atoms with Crippen molar-refractivity contribution in [2.45, 2.75) is 6.42 Å². The fourth-order valence-electron chi connectivity index (χ4n) is 0.430. The highest BCUT2D eigenvalue weighted by atomic mass is 16.5. The maximum absolute atomic E-state index is 10.7. The fourth-order valence-corrected chi connectivity index (χ4v) is 0.430. The van der Waals surface area contributed by atoms with Gasteiger partial charge in [-0.05, 0) is 0 Å². The molecule has 3 nitrogen and oxygen atoms in total. The summed E-state index contributed by atoms with van der Waals surface area (Å²) in [5, 5.41) is 0.